The van der Waals surface area contributed by atoms with Gasteiger partial charge < -0.3 is 9.64 Å². The first kappa shape index (κ1) is 18.0. The number of carbonyl (C=O) groups is 1. The van der Waals surface area contributed by atoms with Gasteiger partial charge in [0.1, 0.15) is 5.01 Å². The highest BCUT2D eigenvalue weighted by molar-refractivity contribution is 7.99. The molecule has 2 aromatic rings. The Morgan fingerprint density at radius 3 is 2.88 bits per heavy atom. The van der Waals surface area contributed by atoms with Crippen molar-refractivity contribution >= 4 is 29.0 Å². The molecular weight excluding hydrogens is 364 g/mol. The lowest BCUT2D eigenvalue weighted by Gasteiger charge is -2.30. The number of hydrogen-bond donors (Lipinski definition) is 0. The zero-order chi connectivity index (χ0) is 17.8. The van der Waals surface area contributed by atoms with Crippen molar-refractivity contribution in [2.75, 3.05) is 24.7 Å². The minimum Gasteiger partial charge on any atom is -0.376 e. The van der Waals surface area contributed by atoms with Crippen LogP contribution in [0.4, 0.5) is 0 Å². The number of rotatable bonds is 6. The van der Waals surface area contributed by atoms with Crippen molar-refractivity contribution in [3.63, 3.8) is 0 Å². The van der Waals surface area contributed by atoms with E-state index in [0.29, 0.717) is 12.5 Å². The van der Waals surface area contributed by atoms with Crippen molar-refractivity contribution in [2.45, 2.75) is 37.8 Å². The van der Waals surface area contributed by atoms with Crippen molar-refractivity contribution in [1.29, 1.82) is 0 Å². The molecule has 2 atom stereocenters. The second-order valence-corrected chi connectivity index (χ2v) is 8.89. The Morgan fingerprint density at radius 2 is 2.15 bits per heavy atom. The van der Waals surface area contributed by atoms with Crippen LogP contribution in [0.3, 0.4) is 0 Å². The van der Waals surface area contributed by atoms with E-state index in [1.54, 1.807) is 11.3 Å². The number of thioether (sulfide) groups is 1. The van der Waals surface area contributed by atoms with Crippen LogP contribution in [0.1, 0.15) is 25.0 Å². The second kappa shape index (κ2) is 8.55. The van der Waals surface area contributed by atoms with Crippen molar-refractivity contribution in [3.8, 4) is 10.6 Å². The van der Waals surface area contributed by atoms with E-state index >= 15 is 0 Å². The zero-order valence-electron chi connectivity index (χ0n) is 14.8. The molecule has 0 aliphatic carbocycles. The fourth-order valence-corrected chi connectivity index (χ4v) is 5.64. The van der Waals surface area contributed by atoms with Gasteiger partial charge in [-0.2, -0.15) is 11.8 Å². The van der Waals surface area contributed by atoms with Crippen LogP contribution >= 0.6 is 23.1 Å². The van der Waals surface area contributed by atoms with Gasteiger partial charge in [-0.1, -0.05) is 30.3 Å². The van der Waals surface area contributed by atoms with Gasteiger partial charge in [0.25, 0.3) is 0 Å². The summed E-state index contributed by atoms with van der Waals surface area (Å²) in [6.07, 6.45) is 3.86. The molecule has 2 saturated heterocycles. The molecular formula is C20H24N2O2S2. The summed E-state index contributed by atoms with van der Waals surface area (Å²) in [6, 6.07) is 10.5. The van der Waals surface area contributed by atoms with Gasteiger partial charge in [0.05, 0.1) is 18.2 Å². The van der Waals surface area contributed by atoms with Crippen LogP contribution in [0.25, 0.3) is 10.6 Å². The number of hydrogen-bond acceptors (Lipinski definition) is 5. The Bertz CT molecular complexity index is 722. The maximum absolute atomic E-state index is 13.1. The van der Waals surface area contributed by atoms with Crippen LogP contribution < -0.4 is 0 Å². The lowest BCUT2D eigenvalue weighted by atomic mass is 10.1. The molecule has 26 heavy (non-hydrogen) atoms. The summed E-state index contributed by atoms with van der Waals surface area (Å²) < 4.78 is 5.79. The first-order valence-corrected chi connectivity index (χ1v) is 11.3. The van der Waals surface area contributed by atoms with E-state index in [2.05, 4.69) is 17.0 Å². The first-order valence-electron chi connectivity index (χ1n) is 9.28. The Balaban J connectivity index is 1.44. The van der Waals surface area contributed by atoms with Crippen LogP contribution in [0.15, 0.2) is 35.7 Å². The predicted octanol–water partition coefficient (Wildman–Crippen LogP) is 3.87. The van der Waals surface area contributed by atoms with E-state index in [1.807, 2.05) is 35.3 Å². The van der Waals surface area contributed by atoms with Crippen LogP contribution in [-0.4, -0.2) is 52.6 Å². The van der Waals surface area contributed by atoms with Crippen LogP contribution in [0.2, 0.25) is 0 Å². The quantitative estimate of drug-likeness (QED) is 0.753. The summed E-state index contributed by atoms with van der Waals surface area (Å²) in [5, 5.41) is 3.00. The lowest BCUT2D eigenvalue weighted by molar-refractivity contribution is -0.134. The molecule has 0 spiro atoms. The highest BCUT2D eigenvalue weighted by atomic mass is 32.2. The predicted molar refractivity (Wildman–Crippen MR) is 108 cm³/mol. The number of nitrogens with zero attached hydrogens (tertiary/aromatic N) is 2. The van der Waals surface area contributed by atoms with E-state index < -0.39 is 0 Å². The third-order valence-electron chi connectivity index (χ3n) is 5.00. The molecule has 4 nitrogen and oxygen atoms in total. The molecule has 3 heterocycles. The standard InChI is InChI=1S/C20H24N2O2S2/c23-19(11-16-13-26-20(21-16)15-5-2-1-3-6-15)22(17-8-10-25-14-17)12-18-7-4-9-24-18/h1-3,5-6,13,17-18H,4,7-12,14H2. The average Bonchev–Trinajstić information content (AvgIpc) is 3.42. The Labute approximate surface area is 163 Å². The topological polar surface area (TPSA) is 42.4 Å². The van der Waals surface area contributed by atoms with E-state index in [4.69, 9.17) is 9.72 Å². The number of ether oxygens (including phenoxy) is 1. The average molecular weight is 389 g/mol. The molecule has 138 valence electrons. The maximum atomic E-state index is 13.1. The highest BCUT2D eigenvalue weighted by Gasteiger charge is 2.30. The van der Waals surface area contributed by atoms with Crippen molar-refractivity contribution < 1.29 is 9.53 Å². The van der Waals surface area contributed by atoms with Gasteiger partial charge in [-0.3, -0.25) is 4.79 Å². The van der Waals surface area contributed by atoms with Crippen molar-refractivity contribution in [3.05, 3.63) is 41.4 Å². The molecule has 0 N–H and O–H groups in total. The number of amides is 1. The number of thiazole rings is 1. The Hall–Kier alpha value is -1.37. The molecule has 0 radical (unpaired) electrons. The maximum Gasteiger partial charge on any atom is 0.228 e. The second-order valence-electron chi connectivity index (χ2n) is 6.89. The molecule has 0 bridgehead atoms. The smallest absolute Gasteiger partial charge is 0.228 e. The summed E-state index contributed by atoms with van der Waals surface area (Å²) in [5.41, 5.74) is 1.99. The number of benzene rings is 1. The van der Waals surface area contributed by atoms with Crippen molar-refractivity contribution in [2.24, 2.45) is 0 Å². The van der Waals surface area contributed by atoms with Gasteiger partial charge in [-0.15, -0.1) is 11.3 Å². The minimum atomic E-state index is 0.193. The van der Waals surface area contributed by atoms with Gasteiger partial charge in [-0.25, -0.2) is 4.98 Å². The lowest BCUT2D eigenvalue weighted by Crippen LogP contribution is -2.45. The molecule has 1 amide bonds. The van der Waals surface area contributed by atoms with E-state index in [9.17, 15) is 4.79 Å². The summed E-state index contributed by atoms with van der Waals surface area (Å²) in [7, 11) is 0. The van der Waals surface area contributed by atoms with Gasteiger partial charge in [0.15, 0.2) is 0 Å². The largest absolute Gasteiger partial charge is 0.376 e. The highest BCUT2D eigenvalue weighted by Crippen LogP contribution is 2.27. The monoisotopic (exact) mass is 388 g/mol. The molecule has 2 fully saturated rings. The number of aromatic nitrogens is 1. The fraction of sp³-hybridized carbons (Fsp3) is 0.500. The van der Waals surface area contributed by atoms with E-state index in [1.165, 1.54) is 0 Å². The van der Waals surface area contributed by atoms with Crippen LogP contribution in [0, 0.1) is 0 Å². The molecule has 2 unspecified atom stereocenters. The first-order chi connectivity index (χ1) is 12.8. The SMILES string of the molecule is O=C(Cc1csc(-c2ccccc2)n1)N(CC1CCCO1)C1CCSC1. The summed E-state index contributed by atoms with van der Waals surface area (Å²) in [5.74, 6) is 2.39. The minimum absolute atomic E-state index is 0.193. The van der Waals surface area contributed by atoms with Gasteiger partial charge in [0.2, 0.25) is 5.91 Å². The molecule has 0 saturated carbocycles. The molecule has 6 heteroatoms. The molecule has 2 aliphatic rings. The summed E-state index contributed by atoms with van der Waals surface area (Å²) >= 11 is 3.56. The Morgan fingerprint density at radius 1 is 1.27 bits per heavy atom. The molecule has 1 aromatic heterocycles. The summed E-state index contributed by atoms with van der Waals surface area (Å²) in [4.78, 5) is 19.8. The summed E-state index contributed by atoms with van der Waals surface area (Å²) in [6.45, 7) is 1.57. The normalized spacial score (nSPS) is 22.6. The zero-order valence-corrected chi connectivity index (χ0v) is 16.4. The molecule has 1 aromatic carbocycles. The Kier molecular flexibility index (Phi) is 5.92. The third kappa shape index (κ3) is 4.30. The molecule has 2 aliphatic heterocycles. The van der Waals surface area contributed by atoms with Gasteiger partial charge in [-0.05, 0) is 25.0 Å². The fourth-order valence-electron chi connectivity index (χ4n) is 3.59. The van der Waals surface area contributed by atoms with Crippen LogP contribution in [-0.2, 0) is 16.0 Å². The van der Waals surface area contributed by atoms with Crippen molar-refractivity contribution in [1.82, 2.24) is 9.88 Å². The third-order valence-corrected chi connectivity index (χ3v) is 7.08. The van der Waals surface area contributed by atoms with E-state index in [-0.39, 0.29) is 12.0 Å². The van der Waals surface area contributed by atoms with Gasteiger partial charge >= 0.3 is 0 Å². The molecule has 4 rings (SSSR count). The van der Waals surface area contributed by atoms with Gasteiger partial charge in [0, 0.05) is 35.9 Å². The van der Waals surface area contributed by atoms with E-state index in [0.717, 1.165) is 60.2 Å². The number of carbonyl (C=O) groups excluding carboxylic acids is 1. The van der Waals surface area contributed by atoms with Crippen LogP contribution in [0.5, 0.6) is 0 Å².